The largest absolute Gasteiger partial charge is 0.468 e. The van der Waals surface area contributed by atoms with E-state index in [1.54, 1.807) is 6.26 Å². The van der Waals surface area contributed by atoms with Crippen molar-refractivity contribution >= 4 is 10.0 Å². The summed E-state index contributed by atoms with van der Waals surface area (Å²) in [6.45, 7) is 2.18. The Morgan fingerprint density at radius 2 is 2.19 bits per heavy atom. The zero-order chi connectivity index (χ0) is 14.7. The van der Waals surface area contributed by atoms with Crippen molar-refractivity contribution in [3.63, 3.8) is 0 Å². The molecule has 0 aromatic carbocycles. The van der Waals surface area contributed by atoms with E-state index in [0.717, 1.165) is 31.7 Å². The van der Waals surface area contributed by atoms with Gasteiger partial charge >= 0.3 is 0 Å². The average Bonchev–Trinajstić information content (AvgIpc) is 3.23. The molecular weight excluding hydrogens is 292 g/mol. The molecule has 0 bridgehead atoms. The maximum absolute atomic E-state index is 12.2. The second kappa shape index (κ2) is 6.00. The fraction of sp³-hybridized carbons (Fsp3) is 0.462. The molecule has 114 valence electrons. The molecule has 8 heteroatoms. The van der Waals surface area contributed by atoms with Gasteiger partial charge in [-0.25, -0.2) is 13.1 Å². The highest BCUT2D eigenvalue weighted by Gasteiger charge is 2.27. The van der Waals surface area contributed by atoms with Crippen LogP contribution in [0.5, 0.6) is 0 Å². The van der Waals surface area contributed by atoms with Gasteiger partial charge in [-0.3, -0.25) is 10.00 Å². The molecule has 2 aromatic rings. The molecule has 2 aromatic heterocycles. The molecule has 1 fully saturated rings. The van der Waals surface area contributed by atoms with Crippen LogP contribution in [0.4, 0.5) is 0 Å². The standard InChI is InChI=1S/C13H18N4O3S/c18-21(19,13-5-6-14-16-13)15-10-11(12-4-3-9-20-12)17-7-1-2-8-17/h3-6,9,11,15H,1-2,7-8,10H2,(H,14,16). The first-order valence-electron chi connectivity index (χ1n) is 6.93. The maximum atomic E-state index is 12.2. The number of sulfonamides is 1. The fourth-order valence-electron chi connectivity index (χ4n) is 2.60. The van der Waals surface area contributed by atoms with Crippen LogP contribution in [-0.2, 0) is 10.0 Å². The lowest BCUT2D eigenvalue weighted by molar-refractivity contribution is 0.216. The Kier molecular flexibility index (Phi) is 4.09. The van der Waals surface area contributed by atoms with Gasteiger partial charge in [0.1, 0.15) is 5.76 Å². The Bertz CT molecular complexity index is 646. The molecule has 3 rings (SSSR count). The van der Waals surface area contributed by atoms with Gasteiger partial charge in [0.25, 0.3) is 10.0 Å². The van der Waals surface area contributed by atoms with E-state index in [-0.39, 0.29) is 17.6 Å². The zero-order valence-corrected chi connectivity index (χ0v) is 12.3. The van der Waals surface area contributed by atoms with Crippen LogP contribution in [-0.4, -0.2) is 43.1 Å². The van der Waals surface area contributed by atoms with E-state index in [9.17, 15) is 8.42 Å². The highest BCUT2D eigenvalue weighted by molar-refractivity contribution is 7.89. The van der Waals surface area contributed by atoms with Crippen molar-refractivity contribution < 1.29 is 12.8 Å². The number of nitrogens with one attached hydrogen (secondary N) is 2. The van der Waals surface area contributed by atoms with Crippen molar-refractivity contribution in [2.75, 3.05) is 19.6 Å². The number of aromatic nitrogens is 2. The van der Waals surface area contributed by atoms with Gasteiger partial charge in [0.2, 0.25) is 0 Å². The minimum atomic E-state index is -3.57. The van der Waals surface area contributed by atoms with E-state index in [4.69, 9.17) is 4.42 Å². The van der Waals surface area contributed by atoms with Crippen LogP contribution in [0.2, 0.25) is 0 Å². The van der Waals surface area contributed by atoms with Gasteiger partial charge in [-0.1, -0.05) is 0 Å². The van der Waals surface area contributed by atoms with E-state index < -0.39 is 10.0 Å². The maximum Gasteiger partial charge on any atom is 0.257 e. The Hall–Kier alpha value is -1.64. The third-order valence-electron chi connectivity index (χ3n) is 3.68. The summed E-state index contributed by atoms with van der Waals surface area (Å²) in [6, 6.07) is 5.05. The molecule has 1 saturated heterocycles. The molecule has 1 aliphatic heterocycles. The van der Waals surface area contributed by atoms with Crippen LogP contribution in [0.1, 0.15) is 24.6 Å². The summed E-state index contributed by atoms with van der Waals surface area (Å²) < 4.78 is 32.4. The first kappa shape index (κ1) is 14.3. The van der Waals surface area contributed by atoms with Crippen molar-refractivity contribution in [1.82, 2.24) is 19.8 Å². The third-order valence-corrected chi connectivity index (χ3v) is 5.04. The summed E-state index contributed by atoms with van der Waals surface area (Å²) >= 11 is 0. The molecule has 7 nitrogen and oxygen atoms in total. The third kappa shape index (κ3) is 3.17. The number of H-pyrrole nitrogens is 1. The molecular formula is C13H18N4O3S. The predicted octanol–water partition coefficient (Wildman–Crippen LogP) is 1.12. The van der Waals surface area contributed by atoms with Crippen molar-refractivity contribution in [2.45, 2.75) is 23.9 Å². The van der Waals surface area contributed by atoms with Gasteiger partial charge in [-0.2, -0.15) is 5.10 Å². The highest BCUT2D eigenvalue weighted by Crippen LogP contribution is 2.25. The van der Waals surface area contributed by atoms with E-state index in [1.807, 2.05) is 12.1 Å². The van der Waals surface area contributed by atoms with Crippen molar-refractivity contribution in [3.05, 3.63) is 36.4 Å². The lowest BCUT2D eigenvalue weighted by atomic mass is 10.2. The Labute approximate surface area is 123 Å². The monoisotopic (exact) mass is 310 g/mol. The fourth-order valence-corrected chi connectivity index (χ4v) is 3.55. The quantitative estimate of drug-likeness (QED) is 0.834. The lowest BCUT2D eigenvalue weighted by Gasteiger charge is -2.25. The molecule has 0 spiro atoms. The van der Waals surface area contributed by atoms with Gasteiger partial charge in [0, 0.05) is 6.54 Å². The second-order valence-electron chi connectivity index (χ2n) is 5.05. The average molecular weight is 310 g/mol. The van der Waals surface area contributed by atoms with E-state index in [2.05, 4.69) is 19.8 Å². The number of furan rings is 1. The summed E-state index contributed by atoms with van der Waals surface area (Å²) in [5.41, 5.74) is 0. The van der Waals surface area contributed by atoms with E-state index in [0.29, 0.717) is 0 Å². The summed E-state index contributed by atoms with van der Waals surface area (Å²) in [5, 5.41) is 6.21. The Morgan fingerprint density at radius 3 is 2.81 bits per heavy atom. The first-order valence-corrected chi connectivity index (χ1v) is 8.41. The number of rotatable bonds is 6. The van der Waals surface area contributed by atoms with Gasteiger partial charge in [0.05, 0.1) is 18.5 Å². The summed E-state index contributed by atoms with van der Waals surface area (Å²) in [4.78, 5) is 2.24. The van der Waals surface area contributed by atoms with E-state index >= 15 is 0 Å². The van der Waals surface area contributed by atoms with Gasteiger partial charge in [-0.05, 0) is 44.1 Å². The summed E-state index contributed by atoms with van der Waals surface area (Å²) in [5.74, 6) is 0.782. The van der Waals surface area contributed by atoms with Crippen LogP contribution < -0.4 is 4.72 Å². The number of hydrogen-bond donors (Lipinski definition) is 2. The van der Waals surface area contributed by atoms with Crippen molar-refractivity contribution in [3.8, 4) is 0 Å². The van der Waals surface area contributed by atoms with Gasteiger partial charge in [0.15, 0.2) is 5.03 Å². The molecule has 2 N–H and O–H groups in total. The van der Waals surface area contributed by atoms with Gasteiger partial charge in [-0.15, -0.1) is 0 Å². The molecule has 1 atom stereocenters. The topological polar surface area (TPSA) is 91.2 Å². The predicted molar refractivity (Wildman–Crippen MR) is 76.0 cm³/mol. The molecule has 0 aliphatic carbocycles. The normalized spacial score (nSPS) is 18.1. The van der Waals surface area contributed by atoms with E-state index in [1.165, 1.54) is 12.3 Å². The zero-order valence-electron chi connectivity index (χ0n) is 11.5. The molecule has 0 amide bonds. The Morgan fingerprint density at radius 1 is 1.38 bits per heavy atom. The molecule has 1 aliphatic rings. The minimum Gasteiger partial charge on any atom is -0.468 e. The van der Waals surface area contributed by atoms with Crippen molar-refractivity contribution in [1.29, 1.82) is 0 Å². The van der Waals surface area contributed by atoms with Crippen LogP contribution >= 0.6 is 0 Å². The van der Waals surface area contributed by atoms with Crippen LogP contribution in [0.3, 0.4) is 0 Å². The van der Waals surface area contributed by atoms with Crippen LogP contribution in [0, 0.1) is 0 Å². The summed E-state index contributed by atoms with van der Waals surface area (Å²) in [7, 11) is -3.57. The second-order valence-corrected chi connectivity index (χ2v) is 6.78. The molecule has 0 saturated carbocycles. The lowest BCUT2D eigenvalue weighted by Crippen LogP contribution is -2.36. The number of hydrogen-bond acceptors (Lipinski definition) is 5. The van der Waals surface area contributed by atoms with Crippen molar-refractivity contribution in [2.24, 2.45) is 0 Å². The smallest absolute Gasteiger partial charge is 0.257 e. The minimum absolute atomic E-state index is 0.0714. The Balaban J connectivity index is 1.73. The molecule has 0 radical (unpaired) electrons. The highest BCUT2D eigenvalue weighted by atomic mass is 32.2. The SMILES string of the molecule is O=S(=O)(NCC(c1ccco1)N1CCCC1)c1ccn[nH]1. The number of nitrogens with zero attached hydrogens (tertiary/aromatic N) is 2. The molecule has 3 heterocycles. The summed E-state index contributed by atoms with van der Waals surface area (Å²) in [6.07, 6.45) is 5.29. The van der Waals surface area contributed by atoms with Crippen LogP contribution in [0.15, 0.2) is 40.1 Å². The van der Waals surface area contributed by atoms with Gasteiger partial charge < -0.3 is 4.42 Å². The number of aromatic amines is 1. The molecule has 21 heavy (non-hydrogen) atoms. The number of likely N-dealkylation sites (tertiary alicyclic amines) is 1. The molecule has 1 unspecified atom stereocenters. The van der Waals surface area contributed by atoms with Crippen LogP contribution in [0.25, 0.3) is 0 Å². The first-order chi connectivity index (χ1) is 10.2.